The van der Waals surface area contributed by atoms with Crippen LogP contribution in [0.4, 0.5) is 0 Å². The van der Waals surface area contributed by atoms with Gasteiger partial charge < -0.3 is 9.47 Å². The average Bonchev–Trinajstić information content (AvgIpc) is 2.64. The molecule has 0 saturated heterocycles. The molecule has 26 heavy (non-hydrogen) atoms. The Morgan fingerprint density at radius 1 is 0.962 bits per heavy atom. The van der Waals surface area contributed by atoms with E-state index in [4.69, 9.17) is 9.47 Å². The number of hydrogen-bond acceptors (Lipinski definition) is 5. The molecule has 0 unspecified atom stereocenters. The van der Waals surface area contributed by atoms with Crippen LogP contribution in [0.15, 0.2) is 53.0 Å². The van der Waals surface area contributed by atoms with Crippen LogP contribution < -0.4 is 15.6 Å². The number of ether oxygens (including phenoxy) is 2. The van der Waals surface area contributed by atoms with Gasteiger partial charge in [0.1, 0.15) is 5.75 Å². The van der Waals surface area contributed by atoms with E-state index in [1.54, 1.807) is 36.4 Å². The minimum Gasteiger partial charge on any atom is -0.482 e. The summed E-state index contributed by atoms with van der Waals surface area (Å²) < 4.78 is 10.9. The van der Waals surface area contributed by atoms with Crippen LogP contribution in [0, 0.1) is 6.92 Å². The topological polar surface area (TPSA) is 93.7 Å². The van der Waals surface area contributed by atoms with Gasteiger partial charge in [0, 0.05) is 10.0 Å². The quantitative estimate of drug-likeness (QED) is 0.551. The lowest BCUT2D eigenvalue weighted by atomic mass is 10.2. The molecule has 0 saturated carbocycles. The van der Waals surface area contributed by atoms with Crippen molar-refractivity contribution in [2.75, 3.05) is 13.2 Å². The van der Waals surface area contributed by atoms with Crippen LogP contribution in [0.5, 0.6) is 5.75 Å². The lowest BCUT2D eigenvalue weighted by Gasteiger charge is -2.10. The Kier molecular flexibility index (Phi) is 7.16. The first-order valence-corrected chi connectivity index (χ1v) is 8.44. The lowest BCUT2D eigenvalue weighted by Crippen LogP contribution is -2.43. The van der Waals surface area contributed by atoms with E-state index in [2.05, 4.69) is 26.8 Å². The van der Waals surface area contributed by atoms with Crippen LogP contribution in [0.2, 0.25) is 0 Å². The molecule has 0 fully saturated rings. The van der Waals surface area contributed by atoms with Gasteiger partial charge in [-0.25, -0.2) is 4.79 Å². The van der Waals surface area contributed by atoms with E-state index >= 15 is 0 Å². The average molecular weight is 421 g/mol. The Morgan fingerprint density at radius 2 is 1.65 bits per heavy atom. The van der Waals surface area contributed by atoms with Gasteiger partial charge in [-0.2, -0.15) is 0 Å². The Hall–Kier alpha value is -2.87. The number of aryl methyl sites for hydroxylation is 1. The van der Waals surface area contributed by atoms with Crippen LogP contribution in [0.3, 0.4) is 0 Å². The summed E-state index contributed by atoms with van der Waals surface area (Å²) in [6, 6.07) is 13.8. The van der Waals surface area contributed by atoms with E-state index in [0.29, 0.717) is 11.3 Å². The molecule has 0 spiro atoms. The first-order chi connectivity index (χ1) is 12.5. The van der Waals surface area contributed by atoms with Crippen molar-refractivity contribution < 1.29 is 23.9 Å². The molecule has 2 rings (SSSR count). The van der Waals surface area contributed by atoms with Gasteiger partial charge in [-0.3, -0.25) is 20.4 Å². The molecule has 0 heterocycles. The van der Waals surface area contributed by atoms with Gasteiger partial charge in [-0.15, -0.1) is 0 Å². The third kappa shape index (κ3) is 6.21. The van der Waals surface area contributed by atoms with Crippen molar-refractivity contribution in [3.63, 3.8) is 0 Å². The number of hydrazine groups is 1. The lowest BCUT2D eigenvalue weighted by molar-refractivity contribution is -0.150. The van der Waals surface area contributed by atoms with Crippen molar-refractivity contribution in [1.29, 1.82) is 0 Å². The van der Waals surface area contributed by atoms with Crippen molar-refractivity contribution in [3.8, 4) is 5.75 Å². The highest BCUT2D eigenvalue weighted by atomic mass is 79.9. The van der Waals surface area contributed by atoms with Crippen LogP contribution in [-0.4, -0.2) is 31.0 Å². The number of nitrogens with one attached hydrogen (secondary N) is 2. The fourth-order valence-electron chi connectivity index (χ4n) is 1.88. The molecule has 2 amide bonds. The molecular weight excluding hydrogens is 404 g/mol. The van der Waals surface area contributed by atoms with E-state index in [1.165, 1.54) is 0 Å². The van der Waals surface area contributed by atoms with Crippen molar-refractivity contribution in [1.82, 2.24) is 10.9 Å². The maximum absolute atomic E-state index is 11.8. The van der Waals surface area contributed by atoms with Crippen LogP contribution in [0.1, 0.15) is 15.9 Å². The van der Waals surface area contributed by atoms with Crippen LogP contribution in [-0.2, 0) is 14.3 Å². The van der Waals surface area contributed by atoms with Crippen molar-refractivity contribution in [2.45, 2.75) is 6.92 Å². The molecule has 7 nitrogen and oxygen atoms in total. The monoisotopic (exact) mass is 420 g/mol. The SMILES string of the molecule is Cc1ccccc1OCC(=O)OCC(=O)NNC(=O)c1ccc(Br)cc1. The number of carbonyl (C=O) groups is 3. The number of esters is 1. The van der Waals surface area contributed by atoms with E-state index < -0.39 is 24.4 Å². The standard InChI is InChI=1S/C18H17BrN2O5/c1-12-4-2-3-5-15(12)25-11-17(23)26-10-16(22)20-21-18(24)13-6-8-14(19)9-7-13/h2-9H,10-11H2,1H3,(H,20,22)(H,21,24). The Balaban J connectivity index is 1.68. The zero-order valence-corrected chi connectivity index (χ0v) is 15.5. The zero-order valence-electron chi connectivity index (χ0n) is 14.0. The Labute approximate surface area is 158 Å². The van der Waals surface area contributed by atoms with Gasteiger partial charge in [0.2, 0.25) is 0 Å². The number of para-hydroxylation sites is 1. The molecule has 136 valence electrons. The third-order valence-electron chi connectivity index (χ3n) is 3.23. The third-order valence-corrected chi connectivity index (χ3v) is 3.75. The van der Waals surface area contributed by atoms with Gasteiger partial charge >= 0.3 is 5.97 Å². The minimum atomic E-state index is -0.692. The fourth-order valence-corrected chi connectivity index (χ4v) is 2.14. The first kappa shape index (κ1) is 19.5. The maximum atomic E-state index is 11.8. The number of rotatable bonds is 6. The number of amides is 2. The number of carbonyl (C=O) groups excluding carboxylic acids is 3. The largest absolute Gasteiger partial charge is 0.482 e. The molecule has 0 atom stereocenters. The van der Waals surface area contributed by atoms with E-state index in [-0.39, 0.29) is 6.61 Å². The highest BCUT2D eigenvalue weighted by molar-refractivity contribution is 9.10. The van der Waals surface area contributed by atoms with Gasteiger partial charge in [0.05, 0.1) is 0 Å². The predicted octanol–water partition coefficient (Wildman–Crippen LogP) is 2.14. The summed E-state index contributed by atoms with van der Waals surface area (Å²) in [5, 5.41) is 0. The first-order valence-electron chi connectivity index (χ1n) is 7.64. The van der Waals surface area contributed by atoms with E-state index in [0.717, 1.165) is 10.0 Å². The molecule has 0 aromatic heterocycles. The molecular formula is C18H17BrN2O5. The molecule has 0 aliphatic rings. The van der Waals surface area contributed by atoms with Crippen molar-refractivity contribution >= 4 is 33.7 Å². The van der Waals surface area contributed by atoms with Gasteiger partial charge in [0.25, 0.3) is 11.8 Å². The van der Waals surface area contributed by atoms with Crippen molar-refractivity contribution in [2.24, 2.45) is 0 Å². The summed E-state index contributed by atoms with van der Waals surface area (Å²) in [4.78, 5) is 35.0. The second-order valence-electron chi connectivity index (χ2n) is 5.22. The van der Waals surface area contributed by atoms with Gasteiger partial charge in [-0.1, -0.05) is 34.1 Å². The fraction of sp³-hybridized carbons (Fsp3) is 0.167. The normalized spacial score (nSPS) is 9.92. The Morgan fingerprint density at radius 3 is 2.35 bits per heavy atom. The molecule has 2 aromatic rings. The highest BCUT2D eigenvalue weighted by Gasteiger charge is 2.11. The summed E-state index contributed by atoms with van der Waals surface area (Å²) in [6.45, 7) is 1.00. The second-order valence-corrected chi connectivity index (χ2v) is 6.14. The van der Waals surface area contributed by atoms with E-state index in [1.807, 2.05) is 19.1 Å². The molecule has 0 aliphatic heterocycles. The number of benzene rings is 2. The van der Waals surface area contributed by atoms with Crippen LogP contribution in [0.25, 0.3) is 0 Å². The second kappa shape index (κ2) is 9.57. The zero-order chi connectivity index (χ0) is 18.9. The maximum Gasteiger partial charge on any atom is 0.344 e. The summed E-state index contributed by atoms with van der Waals surface area (Å²) in [7, 11) is 0. The van der Waals surface area contributed by atoms with Gasteiger partial charge in [0.15, 0.2) is 13.2 Å². The highest BCUT2D eigenvalue weighted by Crippen LogP contribution is 2.15. The molecule has 0 bridgehead atoms. The minimum absolute atomic E-state index is 0.316. The number of halogens is 1. The number of hydrogen-bond donors (Lipinski definition) is 2. The van der Waals surface area contributed by atoms with Crippen LogP contribution >= 0.6 is 15.9 Å². The molecule has 2 N–H and O–H groups in total. The van der Waals surface area contributed by atoms with Gasteiger partial charge in [-0.05, 0) is 42.8 Å². The summed E-state index contributed by atoms with van der Waals surface area (Å²) >= 11 is 3.26. The molecule has 8 heteroatoms. The molecule has 0 radical (unpaired) electrons. The summed E-state index contributed by atoms with van der Waals surface area (Å²) in [5.41, 5.74) is 5.65. The predicted molar refractivity (Wildman–Crippen MR) is 97.4 cm³/mol. The molecule has 2 aromatic carbocycles. The smallest absolute Gasteiger partial charge is 0.344 e. The summed E-state index contributed by atoms with van der Waals surface area (Å²) in [5.74, 6) is -1.28. The van der Waals surface area contributed by atoms with E-state index in [9.17, 15) is 14.4 Å². The Bertz CT molecular complexity index is 792. The molecule has 0 aliphatic carbocycles. The van der Waals surface area contributed by atoms with Crippen molar-refractivity contribution in [3.05, 3.63) is 64.1 Å². The summed E-state index contributed by atoms with van der Waals surface area (Å²) in [6.07, 6.45) is 0.